The fourth-order valence-electron chi connectivity index (χ4n) is 3.96. The highest BCUT2D eigenvalue weighted by Gasteiger charge is 2.54. The summed E-state index contributed by atoms with van der Waals surface area (Å²) in [4.78, 5) is 29.8. The van der Waals surface area contributed by atoms with Crippen molar-refractivity contribution in [1.82, 2.24) is 14.7 Å². The Morgan fingerprint density at radius 1 is 1.07 bits per heavy atom. The Bertz CT molecular complexity index is 705. The molecular weight excluding hydrogens is 375 g/mol. The standard InChI is InChI=1S/C19H24F3N3O3/c1-23-7-9-24(10-8-23)16(13-5-3-2-4-6-13)17(26)25-11-14(18(27)28)15(12-25)19(20,21)22/h2-6,14-16H,7-12H2,1H3,(H,27,28)/t14-,15-,16?/m1/s1. The summed E-state index contributed by atoms with van der Waals surface area (Å²) in [5.41, 5.74) is 0.708. The van der Waals surface area contributed by atoms with Crippen LogP contribution in [0.3, 0.4) is 0 Å². The first-order chi connectivity index (χ1) is 13.2. The van der Waals surface area contributed by atoms with E-state index < -0.39 is 49.0 Å². The third-order valence-corrected chi connectivity index (χ3v) is 5.62. The van der Waals surface area contributed by atoms with Crippen molar-refractivity contribution < 1.29 is 27.9 Å². The Labute approximate surface area is 161 Å². The van der Waals surface area contributed by atoms with E-state index in [4.69, 9.17) is 0 Å². The molecule has 2 heterocycles. The number of hydrogen-bond acceptors (Lipinski definition) is 4. The zero-order valence-electron chi connectivity index (χ0n) is 15.6. The summed E-state index contributed by atoms with van der Waals surface area (Å²) in [6, 6.07) is 8.24. The van der Waals surface area contributed by atoms with E-state index in [1.54, 1.807) is 24.3 Å². The highest BCUT2D eigenvalue weighted by atomic mass is 19.4. The fourth-order valence-corrected chi connectivity index (χ4v) is 3.96. The molecule has 2 aliphatic rings. The van der Waals surface area contributed by atoms with Crippen molar-refractivity contribution in [3.8, 4) is 0 Å². The molecule has 0 radical (unpaired) electrons. The number of hydrogen-bond donors (Lipinski definition) is 1. The average Bonchev–Trinajstić information content (AvgIpc) is 3.11. The van der Waals surface area contributed by atoms with Gasteiger partial charge in [0.05, 0.1) is 11.8 Å². The van der Waals surface area contributed by atoms with Crippen LogP contribution < -0.4 is 0 Å². The zero-order chi connectivity index (χ0) is 20.5. The van der Waals surface area contributed by atoms with Crippen LogP contribution in [-0.4, -0.2) is 84.2 Å². The number of likely N-dealkylation sites (tertiary alicyclic amines) is 1. The van der Waals surface area contributed by atoms with Gasteiger partial charge in [-0.05, 0) is 12.6 Å². The van der Waals surface area contributed by atoms with Crippen LogP contribution in [-0.2, 0) is 9.59 Å². The van der Waals surface area contributed by atoms with E-state index in [2.05, 4.69) is 4.90 Å². The van der Waals surface area contributed by atoms with Crippen LogP contribution in [0, 0.1) is 11.8 Å². The molecule has 2 saturated heterocycles. The molecule has 2 aliphatic heterocycles. The van der Waals surface area contributed by atoms with Crippen LogP contribution in [0.5, 0.6) is 0 Å². The molecule has 9 heteroatoms. The highest BCUT2D eigenvalue weighted by Crippen LogP contribution is 2.39. The van der Waals surface area contributed by atoms with Gasteiger partial charge in [0.2, 0.25) is 5.91 Å². The number of halogens is 3. The first-order valence-corrected chi connectivity index (χ1v) is 9.24. The second kappa shape index (κ2) is 8.08. The minimum Gasteiger partial charge on any atom is -0.481 e. The fraction of sp³-hybridized carbons (Fsp3) is 0.579. The lowest BCUT2D eigenvalue weighted by atomic mass is 9.96. The summed E-state index contributed by atoms with van der Waals surface area (Å²) >= 11 is 0. The molecule has 1 amide bonds. The quantitative estimate of drug-likeness (QED) is 0.835. The molecule has 3 atom stereocenters. The summed E-state index contributed by atoms with van der Waals surface area (Å²) in [6.45, 7) is 1.69. The van der Waals surface area contributed by atoms with Crippen molar-refractivity contribution >= 4 is 11.9 Å². The normalized spacial score (nSPS) is 25.6. The summed E-state index contributed by atoms with van der Waals surface area (Å²) < 4.78 is 39.9. The number of carbonyl (C=O) groups excluding carboxylic acids is 1. The molecule has 0 saturated carbocycles. The number of aliphatic carboxylic acids is 1. The largest absolute Gasteiger partial charge is 0.481 e. The van der Waals surface area contributed by atoms with Gasteiger partial charge in [-0.15, -0.1) is 0 Å². The number of nitrogens with zero attached hydrogens (tertiary/aromatic N) is 3. The number of benzene rings is 1. The second-order valence-electron chi connectivity index (χ2n) is 7.49. The Balaban J connectivity index is 1.86. The number of carbonyl (C=O) groups is 2. The van der Waals surface area contributed by atoms with E-state index in [9.17, 15) is 27.9 Å². The Morgan fingerprint density at radius 2 is 1.68 bits per heavy atom. The Morgan fingerprint density at radius 3 is 2.18 bits per heavy atom. The van der Waals surface area contributed by atoms with Gasteiger partial charge in [0.1, 0.15) is 6.04 Å². The summed E-state index contributed by atoms with van der Waals surface area (Å²) in [5.74, 6) is -5.66. The summed E-state index contributed by atoms with van der Waals surface area (Å²) in [5, 5.41) is 9.23. The average molecular weight is 399 g/mol. The van der Waals surface area contributed by atoms with Crippen LogP contribution in [0.15, 0.2) is 30.3 Å². The minimum atomic E-state index is -4.66. The predicted molar refractivity (Wildman–Crippen MR) is 95.5 cm³/mol. The van der Waals surface area contributed by atoms with Gasteiger partial charge in [0.25, 0.3) is 0 Å². The van der Waals surface area contributed by atoms with Crippen molar-refractivity contribution in [1.29, 1.82) is 0 Å². The van der Waals surface area contributed by atoms with Gasteiger partial charge in [0.15, 0.2) is 0 Å². The third kappa shape index (κ3) is 4.30. The first kappa shape index (κ1) is 20.6. The monoisotopic (exact) mass is 399 g/mol. The van der Waals surface area contributed by atoms with Crippen molar-refractivity contribution in [3.05, 3.63) is 35.9 Å². The van der Waals surface area contributed by atoms with Crippen molar-refractivity contribution in [3.63, 3.8) is 0 Å². The summed E-state index contributed by atoms with van der Waals surface area (Å²) in [6.07, 6.45) is -4.66. The number of piperazine rings is 1. The molecule has 3 rings (SSSR count). The molecule has 6 nitrogen and oxygen atoms in total. The molecule has 28 heavy (non-hydrogen) atoms. The number of carboxylic acid groups (broad SMARTS) is 1. The minimum absolute atomic E-state index is 0.421. The zero-order valence-corrected chi connectivity index (χ0v) is 15.6. The van der Waals surface area contributed by atoms with E-state index in [-0.39, 0.29) is 0 Å². The molecule has 1 aromatic carbocycles. The number of carboxylic acids is 1. The van der Waals surface area contributed by atoms with Gasteiger partial charge in [-0.1, -0.05) is 30.3 Å². The van der Waals surface area contributed by atoms with Crippen LogP contribution in [0.25, 0.3) is 0 Å². The maximum Gasteiger partial charge on any atom is 0.394 e. The molecule has 0 aromatic heterocycles. The van der Waals surface area contributed by atoms with E-state index in [0.717, 1.165) is 18.0 Å². The van der Waals surface area contributed by atoms with Crippen molar-refractivity contribution in [2.75, 3.05) is 46.3 Å². The number of alkyl halides is 3. The second-order valence-corrected chi connectivity index (χ2v) is 7.49. The van der Waals surface area contributed by atoms with E-state index in [0.29, 0.717) is 18.7 Å². The Hall–Kier alpha value is -2.13. The molecule has 0 aliphatic carbocycles. The van der Waals surface area contributed by atoms with Gasteiger partial charge in [-0.3, -0.25) is 14.5 Å². The topological polar surface area (TPSA) is 64.1 Å². The maximum atomic E-state index is 13.3. The molecule has 2 fully saturated rings. The van der Waals surface area contributed by atoms with Gasteiger partial charge < -0.3 is 14.9 Å². The molecule has 0 spiro atoms. The SMILES string of the molecule is CN1CCN(C(C(=O)N2C[C@@H](C(F)(F)F)[C@H](C(=O)O)C2)c2ccccc2)CC1. The molecule has 1 aromatic rings. The molecule has 154 valence electrons. The lowest BCUT2D eigenvalue weighted by Gasteiger charge is -2.38. The predicted octanol–water partition coefficient (Wildman–Crippen LogP) is 1.70. The van der Waals surface area contributed by atoms with Crippen LogP contribution in [0.1, 0.15) is 11.6 Å². The van der Waals surface area contributed by atoms with E-state index in [1.165, 1.54) is 0 Å². The van der Waals surface area contributed by atoms with E-state index >= 15 is 0 Å². The van der Waals surface area contributed by atoms with Crippen LogP contribution in [0.4, 0.5) is 13.2 Å². The van der Waals surface area contributed by atoms with Crippen LogP contribution >= 0.6 is 0 Å². The van der Waals surface area contributed by atoms with E-state index in [1.807, 2.05) is 18.0 Å². The Kier molecular flexibility index (Phi) is 5.95. The van der Waals surface area contributed by atoms with Crippen LogP contribution in [0.2, 0.25) is 0 Å². The van der Waals surface area contributed by atoms with Crippen molar-refractivity contribution in [2.45, 2.75) is 12.2 Å². The number of amides is 1. The molecule has 0 bridgehead atoms. The lowest BCUT2D eigenvalue weighted by molar-refractivity contribution is -0.188. The number of likely N-dealkylation sites (N-methyl/N-ethyl adjacent to an activating group) is 1. The molecule has 1 unspecified atom stereocenters. The third-order valence-electron chi connectivity index (χ3n) is 5.62. The van der Waals surface area contributed by atoms with Gasteiger partial charge in [0, 0.05) is 39.3 Å². The molecule has 1 N–H and O–H groups in total. The highest BCUT2D eigenvalue weighted by molar-refractivity contribution is 5.85. The first-order valence-electron chi connectivity index (χ1n) is 9.24. The number of rotatable bonds is 4. The summed E-state index contributed by atoms with van der Waals surface area (Å²) in [7, 11) is 1.97. The lowest BCUT2D eigenvalue weighted by Crippen LogP contribution is -2.50. The van der Waals surface area contributed by atoms with Gasteiger partial charge in [-0.25, -0.2) is 0 Å². The van der Waals surface area contributed by atoms with Crippen molar-refractivity contribution in [2.24, 2.45) is 11.8 Å². The van der Waals surface area contributed by atoms with Gasteiger partial charge >= 0.3 is 12.1 Å². The smallest absolute Gasteiger partial charge is 0.394 e. The molecular formula is C19H24F3N3O3. The maximum absolute atomic E-state index is 13.3. The van der Waals surface area contributed by atoms with Gasteiger partial charge in [-0.2, -0.15) is 13.2 Å².